The summed E-state index contributed by atoms with van der Waals surface area (Å²) in [4.78, 5) is 10.6. The largest absolute Gasteiger partial charge is 0.480 e. The van der Waals surface area contributed by atoms with Gasteiger partial charge >= 0.3 is 5.97 Å². The number of aromatic nitrogens is 3. The van der Waals surface area contributed by atoms with Crippen LogP contribution in [0.25, 0.3) is 0 Å². The second-order valence-corrected chi connectivity index (χ2v) is 2.60. The van der Waals surface area contributed by atoms with Crippen LogP contribution in [0.1, 0.15) is 18.8 Å². The number of hydrogen-bond donors (Lipinski definition) is 1. The van der Waals surface area contributed by atoms with E-state index in [0.717, 1.165) is 0 Å². The molecular weight excluding hydrogens is 174 g/mol. The van der Waals surface area contributed by atoms with E-state index in [1.165, 1.54) is 18.0 Å². The second-order valence-electron chi connectivity index (χ2n) is 2.60. The van der Waals surface area contributed by atoms with Crippen LogP contribution in [-0.4, -0.2) is 33.0 Å². The molecule has 1 unspecified atom stereocenters. The number of hydrogen-bond acceptors (Lipinski definition) is 4. The van der Waals surface area contributed by atoms with Crippen molar-refractivity contribution in [3.63, 3.8) is 0 Å². The first-order valence-corrected chi connectivity index (χ1v) is 3.77. The van der Waals surface area contributed by atoms with Crippen LogP contribution in [0, 0.1) is 0 Å². The Hall–Kier alpha value is -1.43. The normalized spacial score (nSPS) is 12.8. The number of ether oxygens (including phenoxy) is 1. The first-order chi connectivity index (χ1) is 6.16. The maximum atomic E-state index is 10.6. The van der Waals surface area contributed by atoms with Gasteiger partial charge in [0.15, 0.2) is 5.82 Å². The summed E-state index contributed by atoms with van der Waals surface area (Å²) in [5, 5.41) is 16.1. The van der Waals surface area contributed by atoms with Gasteiger partial charge in [-0.05, 0) is 6.92 Å². The molecule has 0 aliphatic carbocycles. The lowest BCUT2D eigenvalue weighted by Crippen LogP contribution is -2.17. The van der Waals surface area contributed by atoms with E-state index in [2.05, 4.69) is 10.2 Å². The minimum Gasteiger partial charge on any atom is -0.480 e. The van der Waals surface area contributed by atoms with Crippen LogP contribution >= 0.6 is 0 Å². The number of aliphatic carboxylic acids is 1. The van der Waals surface area contributed by atoms with E-state index in [-0.39, 0.29) is 6.61 Å². The minimum atomic E-state index is -0.919. The van der Waals surface area contributed by atoms with Gasteiger partial charge in [0.1, 0.15) is 19.0 Å². The number of carbonyl (C=O) groups is 1. The van der Waals surface area contributed by atoms with Gasteiger partial charge in [0.25, 0.3) is 0 Å². The van der Waals surface area contributed by atoms with Gasteiger partial charge < -0.3 is 14.4 Å². The molecule has 72 valence electrons. The summed E-state index contributed by atoms with van der Waals surface area (Å²) in [6.07, 6.45) is 1.38. The van der Waals surface area contributed by atoms with Crippen LogP contribution in [0.2, 0.25) is 0 Å². The fourth-order valence-corrected chi connectivity index (χ4v) is 0.941. The van der Waals surface area contributed by atoms with Crippen molar-refractivity contribution < 1.29 is 14.6 Å². The Balaban J connectivity index is 2.86. The van der Waals surface area contributed by atoms with Crippen molar-refractivity contribution in [3.05, 3.63) is 12.2 Å². The summed E-state index contributed by atoms with van der Waals surface area (Å²) < 4.78 is 6.30. The third-order valence-electron chi connectivity index (χ3n) is 1.70. The van der Waals surface area contributed by atoms with Crippen molar-refractivity contribution >= 4 is 5.97 Å². The molecular formula is C7H11N3O3. The zero-order valence-electron chi connectivity index (χ0n) is 7.47. The van der Waals surface area contributed by atoms with E-state index in [4.69, 9.17) is 9.84 Å². The molecule has 1 N–H and O–H groups in total. The Morgan fingerprint density at radius 2 is 2.54 bits per heavy atom. The van der Waals surface area contributed by atoms with Gasteiger partial charge in [-0.25, -0.2) is 4.79 Å². The topological polar surface area (TPSA) is 77.2 Å². The Labute approximate surface area is 75.2 Å². The molecule has 1 rings (SSSR count). The van der Waals surface area contributed by atoms with Crippen LogP contribution in [-0.2, 0) is 16.1 Å². The van der Waals surface area contributed by atoms with Gasteiger partial charge in [-0.2, -0.15) is 0 Å². The molecule has 6 nitrogen and oxygen atoms in total. The van der Waals surface area contributed by atoms with Gasteiger partial charge in [0, 0.05) is 7.11 Å². The van der Waals surface area contributed by atoms with Gasteiger partial charge in [-0.3, -0.25) is 0 Å². The third-order valence-corrected chi connectivity index (χ3v) is 1.70. The van der Waals surface area contributed by atoms with Crippen LogP contribution in [0.3, 0.4) is 0 Å². The molecule has 13 heavy (non-hydrogen) atoms. The van der Waals surface area contributed by atoms with E-state index in [9.17, 15) is 4.79 Å². The van der Waals surface area contributed by atoms with E-state index >= 15 is 0 Å². The highest BCUT2D eigenvalue weighted by atomic mass is 16.5. The van der Waals surface area contributed by atoms with Gasteiger partial charge in [0.2, 0.25) is 0 Å². The molecule has 0 fully saturated rings. The van der Waals surface area contributed by atoms with Gasteiger partial charge in [-0.1, -0.05) is 0 Å². The van der Waals surface area contributed by atoms with Crippen molar-refractivity contribution in [2.45, 2.75) is 19.6 Å². The van der Waals surface area contributed by atoms with Crippen molar-refractivity contribution in [2.75, 3.05) is 7.11 Å². The van der Waals surface area contributed by atoms with Gasteiger partial charge in [0.05, 0.1) is 0 Å². The monoisotopic (exact) mass is 185 g/mol. The lowest BCUT2D eigenvalue weighted by Gasteiger charge is -2.09. The Morgan fingerprint density at radius 3 is 3.08 bits per heavy atom. The molecule has 1 heterocycles. The Bertz CT molecular complexity index is 297. The highest BCUT2D eigenvalue weighted by molar-refractivity contribution is 5.71. The Kier molecular flexibility index (Phi) is 2.97. The molecule has 0 saturated carbocycles. The maximum absolute atomic E-state index is 10.6. The molecule has 0 spiro atoms. The number of carboxylic acid groups (broad SMARTS) is 1. The van der Waals surface area contributed by atoms with E-state index in [0.29, 0.717) is 5.82 Å². The standard InChI is InChI=1S/C7H11N3O3/c1-5(7(11)12)10-4-8-9-6(10)3-13-2/h4-5H,3H2,1-2H3,(H,11,12). The minimum absolute atomic E-state index is 0.262. The van der Waals surface area contributed by atoms with Gasteiger partial charge in [-0.15, -0.1) is 10.2 Å². The lowest BCUT2D eigenvalue weighted by atomic mass is 10.3. The number of methoxy groups -OCH3 is 1. The smallest absolute Gasteiger partial charge is 0.326 e. The van der Waals surface area contributed by atoms with Crippen LogP contribution in [0.4, 0.5) is 0 Å². The SMILES string of the molecule is COCc1nncn1C(C)C(=O)O. The van der Waals surface area contributed by atoms with E-state index in [1.54, 1.807) is 6.92 Å². The van der Waals surface area contributed by atoms with E-state index < -0.39 is 12.0 Å². The average molecular weight is 185 g/mol. The van der Waals surface area contributed by atoms with Crippen molar-refractivity contribution in [1.29, 1.82) is 0 Å². The highest BCUT2D eigenvalue weighted by Crippen LogP contribution is 2.08. The van der Waals surface area contributed by atoms with Crippen LogP contribution in [0.15, 0.2) is 6.33 Å². The molecule has 0 aromatic carbocycles. The third kappa shape index (κ3) is 2.03. The van der Waals surface area contributed by atoms with Crippen molar-refractivity contribution in [1.82, 2.24) is 14.8 Å². The Morgan fingerprint density at radius 1 is 1.85 bits per heavy atom. The fourth-order valence-electron chi connectivity index (χ4n) is 0.941. The summed E-state index contributed by atoms with van der Waals surface area (Å²) in [6, 6.07) is -0.667. The average Bonchev–Trinajstić information content (AvgIpc) is 2.52. The molecule has 0 bridgehead atoms. The number of nitrogens with zero attached hydrogens (tertiary/aromatic N) is 3. The summed E-state index contributed by atoms with van der Waals surface area (Å²) >= 11 is 0. The first kappa shape index (κ1) is 9.66. The predicted molar refractivity (Wildman–Crippen MR) is 43.1 cm³/mol. The summed E-state index contributed by atoms with van der Waals surface area (Å²) in [5.41, 5.74) is 0. The molecule has 6 heteroatoms. The van der Waals surface area contributed by atoms with Crippen molar-refractivity contribution in [3.8, 4) is 0 Å². The lowest BCUT2D eigenvalue weighted by molar-refractivity contribution is -0.140. The van der Waals surface area contributed by atoms with Crippen LogP contribution in [0.5, 0.6) is 0 Å². The molecule has 0 radical (unpaired) electrons. The molecule has 0 amide bonds. The second kappa shape index (κ2) is 3.99. The van der Waals surface area contributed by atoms with Crippen LogP contribution < -0.4 is 0 Å². The molecule has 1 aromatic heterocycles. The number of rotatable bonds is 4. The predicted octanol–water partition coefficient (Wildman–Crippen LogP) is 0.0701. The quantitative estimate of drug-likeness (QED) is 0.718. The van der Waals surface area contributed by atoms with Crippen molar-refractivity contribution in [2.24, 2.45) is 0 Å². The molecule has 0 saturated heterocycles. The molecule has 1 atom stereocenters. The maximum Gasteiger partial charge on any atom is 0.326 e. The molecule has 0 aliphatic rings. The summed E-state index contributed by atoms with van der Waals surface area (Å²) in [7, 11) is 1.52. The zero-order valence-corrected chi connectivity index (χ0v) is 7.47. The van der Waals surface area contributed by atoms with E-state index in [1.807, 2.05) is 0 Å². The zero-order chi connectivity index (χ0) is 9.84. The fraction of sp³-hybridized carbons (Fsp3) is 0.571. The summed E-state index contributed by atoms with van der Waals surface area (Å²) in [6.45, 7) is 1.82. The first-order valence-electron chi connectivity index (χ1n) is 3.77. The molecule has 0 aliphatic heterocycles. The number of carboxylic acids is 1. The molecule has 1 aromatic rings. The highest BCUT2D eigenvalue weighted by Gasteiger charge is 2.16. The summed E-state index contributed by atoms with van der Waals surface area (Å²) in [5.74, 6) is -0.408.